The number of nitriles is 1. The van der Waals surface area contributed by atoms with Crippen molar-refractivity contribution in [2.24, 2.45) is 7.05 Å². The Labute approximate surface area is 242 Å². The van der Waals surface area contributed by atoms with Crippen LogP contribution in [0.15, 0.2) is 89.5 Å². The van der Waals surface area contributed by atoms with Crippen molar-refractivity contribution in [3.05, 3.63) is 113 Å². The quantitative estimate of drug-likeness (QED) is 0.212. The Morgan fingerprint density at radius 2 is 1.37 bits per heavy atom. The van der Waals surface area contributed by atoms with E-state index in [1.807, 2.05) is 0 Å². The second kappa shape index (κ2) is 9.75. The van der Waals surface area contributed by atoms with Crippen LogP contribution in [0.4, 0.5) is 0 Å². The van der Waals surface area contributed by atoms with Crippen molar-refractivity contribution in [1.82, 2.24) is 0 Å². The molecule has 3 nitrogen and oxygen atoms in total. The molecule has 0 spiro atoms. The van der Waals surface area contributed by atoms with E-state index in [1.54, 1.807) is 0 Å². The van der Waals surface area contributed by atoms with Crippen LogP contribution in [0.3, 0.4) is 0 Å². The molecule has 0 bridgehead atoms. The Hall–Kier alpha value is -4.68. The van der Waals surface area contributed by atoms with Gasteiger partial charge in [-0.1, -0.05) is 81.4 Å². The Kier molecular flexibility index (Phi) is 6.31. The fourth-order valence-electron chi connectivity index (χ4n) is 6.06. The van der Waals surface area contributed by atoms with E-state index in [-0.39, 0.29) is 5.41 Å². The standard InChI is InChI=1S/C38H35N2O/c1-23-8-19-33(40(7)22-23)35-25(3)20-24(2)34-31-18-17-30(32(21-39)36(31)41-37(34)35)28-11-9-26(10-12-28)27-13-15-29(16-14-27)38(4,5)6/h8-20,22H,1-7H3/q+1. The van der Waals surface area contributed by atoms with E-state index in [4.69, 9.17) is 4.42 Å². The molecule has 0 aliphatic carbocycles. The van der Waals surface area contributed by atoms with Gasteiger partial charge in [0, 0.05) is 28.0 Å². The van der Waals surface area contributed by atoms with Crippen molar-refractivity contribution < 1.29 is 8.98 Å². The molecule has 0 amide bonds. The summed E-state index contributed by atoms with van der Waals surface area (Å²) in [5.41, 5.74) is 13.4. The highest BCUT2D eigenvalue weighted by atomic mass is 16.3. The van der Waals surface area contributed by atoms with E-state index in [0.29, 0.717) is 11.1 Å². The molecule has 41 heavy (non-hydrogen) atoms. The Morgan fingerprint density at radius 1 is 0.732 bits per heavy atom. The summed E-state index contributed by atoms with van der Waals surface area (Å²) in [5, 5.41) is 12.4. The Morgan fingerprint density at radius 3 is 1.98 bits per heavy atom. The smallest absolute Gasteiger partial charge is 0.216 e. The lowest BCUT2D eigenvalue weighted by Gasteiger charge is -2.19. The summed E-state index contributed by atoms with van der Waals surface area (Å²) in [6, 6.07) is 30.4. The predicted octanol–water partition coefficient (Wildman–Crippen LogP) is 9.51. The molecule has 2 aromatic heterocycles. The van der Waals surface area contributed by atoms with Gasteiger partial charge >= 0.3 is 0 Å². The number of hydrogen-bond acceptors (Lipinski definition) is 2. The van der Waals surface area contributed by atoms with E-state index < -0.39 is 0 Å². The topological polar surface area (TPSA) is 40.8 Å². The summed E-state index contributed by atoms with van der Waals surface area (Å²) in [4.78, 5) is 0. The minimum atomic E-state index is 0.126. The Balaban J connectivity index is 1.48. The molecule has 0 saturated heterocycles. The van der Waals surface area contributed by atoms with Crippen molar-refractivity contribution in [3.8, 4) is 39.6 Å². The minimum Gasteiger partial charge on any atom is -0.454 e. The first-order chi connectivity index (χ1) is 19.6. The van der Waals surface area contributed by atoms with Crippen molar-refractivity contribution in [3.63, 3.8) is 0 Å². The number of aryl methyl sites for hydroxylation is 4. The van der Waals surface area contributed by atoms with Crippen LogP contribution < -0.4 is 4.57 Å². The highest BCUT2D eigenvalue weighted by Gasteiger charge is 2.24. The van der Waals surface area contributed by atoms with Gasteiger partial charge in [-0.15, -0.1) is 0 Å². The lowest BCUT2D eigenvalue weighted by atomic mass is 9.86. The number of pyridine rings is 1. The predicted molar refractivity (Wildman–Crippen MR) is 169 cm³/mol. The molecular weight excluding hydrogens is 500 g/mol. The number of nitrogens with zero attached hydrogens (tertiary/aromatic N) is 2. The molecule has 4 aromatic carbocycles. The van der Waals surface area contributed by atoms with E-state index in [2.05, 4.69) is 144 Å². The SMILES string of the molecule is Cc1ccc(-c2c(C)cc(C)c3c2oc2c(C#N)c(-c4ccc(-c5ccc(C(C)(C)C)cc5)cc4)ccc23)[n+](C)c1. The normalized spacial score (nSPS) is 11.8. The van der Waals surface area contributed by atoms with Gasteiger partial charge in [-0.3, -0.25) is 0 Å². The summed E-state index contributed by atoms with van der Waals surface area (Å²) in [6.45, 7) is 13.0. The average molecular weight is 536 g/mol. The summed E-state index contributed by atoms with van der Waals surface area (Å²) >= 11 is 0. The number of furan rings is 1. The first-order valence-electron chi connectivity index (χ1n) is 14.1. The average Bonchev–Trinajstić information content (AvgIpc) is 3.33. The van der Waals surface area contributed by atoms with Crippen LogP contribution in [-0.4, -0.2) is 0 Å². The maximum absolute atomic E-state index is 10.4. The summed E-state index contributed by atoms with van der Waals surface area (Å²) in [5.74, 6) is 0. The van der Waals surface area contributed by atoms with E-state index >= 15 is 0 Å². The van der Waals surface area contributed by atoms with Crippen LogP contribution >= 0.6 is 0 Å². The van der Waals surface area contributed by atoms with Crippen LogP contribution in [0.1, 0.15) is 48.6 Å². The largest absolute Gasteiger partial charge is 0.454 e. The third-order valence-corrected chi connectivity index (χ3v) is 8.24. The molecule has 0 N–H and O–H groups in total. The molecule has 2 heterocycles. The maximum atomic E-state index is 10.4. The van der Waals surface area contributed by atoms with E-state index in [0.717, 1.165) is 55.4 Å². The van der Waals surface area contributed by atoms with Gasteiger partial charge in [-0.25, -0.2) is 4.57 Å². The van der Waals surface area contributed by atoms with E-state index in [9.17, 15) is 5.26 Å². The molecule has 3 heteroatoms. The molecule has 0 atom stereocenters. The second-order valence-electron chi connectivity index (χ2n) is 12.3. The Bertz CT molecular complexity index is 1990. The fraction of sp³-hybridized carbons (Fsp3) is 0.211. The van der Waals surface area contributed by atoms with Crippen LogP contribution in [-0.2, 0) is 12.5 Å². The number of rotatable bonds is 3. The van der Waals surface area contributed by atoms with Gasteiger partial charge in [-0.05, 0) is 71.7 Å². The van der Waals surface area contributed by atoms with Gasteiger partial charge in [0.2, 0.25) is 5.69 Å². The molecule has 0 unspecified atom stereocenters. The molecule has 0 aliphatic rings. The lowest BCUT2D eigenvalue weighted by molar-refractivity contribution is -0.660. The lowest BCUT2D eigenvalue weighted by Crippen LogP contribution is -2.31. The van der Waals surface area contributed by atoms with E-state index in [1.165, 1.54) is 16.7 Å². The molecule has 0 fully saturated rings. The molecule has 0 aliphatic heterocycles. The number of hydrogen-bond donors (Lipinski definition) is 0. The highest BCUT2D eigenvalue weighted by Crippen LogP contribution is 2.42. The number of fused-ring (bicyclic) bond motifs is 3. The van der Waals surface area contributed by atoms with Crippen molar-refractivity contribution >= 4 is 21.9 Å². The van der Waals surface area contributed by atoms with Crippen molar-refractivity contribution in [2.45, 2.75) is 47.0 Å². The van der Waals surface area contributed by atoms with Crippen LogP contribution in [0.5, 0.6) is 0 Å². The molecule has 6 aromatic rings. The second-order valence-corrected chi connectivity index (χ2v) is 12.3. The third kappa shape index (κ3) is 4.50. The molecule has 202 valence electrons. The van der Waals surface area contributed by atoms with Gasteiger partial charge in [0.25, 0.3) is 0 Å². The van der Waals surface area contributed by atoms with Crippen molar-refractivity contribution in [1.29, 1.82) is 5.26 Å². The third-order valence-electron chi connectivity index (χ3n) is 8.24. The number of aromatic nitrogens is 1. The first-order valence-corrected chi connectivity index (χ1v) is 14.1. The summed E-state index contributed by atoms with van der Waals surface area (Å²) in [6.07, 6.45) is 2.13. The van der Waals surface area contributed by atoms with Gasteiger partial charge < -0.3 is 4.42 Å². The molecular formula is C38H35N2O+. The zero-order valence-corrected chi connectivity index (χ0v) is 24.9. The first kappa shape index (κ1) is 26.5. The maximum Gasteiger partial charge on any atom is 0.216 e. The van der Waals surface area contributed by atoms with Crippen LogP contribution in [0.2, 0.25) is 0 Å². The fourth-order valence-corrected chi connectivity index (χ4v) is 6.06. The monoisotopic (exact) mass is 535 g/mol. The molecule has 0 radical (unpaired) electrons. The van der Waals surface area contributed by atoms with Gasteiger partial charge in [0.05, 0.1) is 5.56 Å². The van der Waals surface area contributed by atoms with Crippen LogP contribution in [0, 0.1) is 32.1 Å². The highest BCUT2D eigenvalue weighted by molar-refractivity contribution is 6.13. The van der Waals surface area contributed by atoms with Gasteiger partial charge in [-0.2, -0.15) is 5.26 Å². The van der Waals surface area contributed by atoms with Gasteiger partial charge in [0.1, 0.15) is 24.3 Å². The summed E-state index contributed by atoms with van der Waals surface area (Å²) < 4.78 is 8.81. The minimum absolute atomic E-state index is 0.126. The summed E-state index contributed by atoms with van der Waals surface area (Å²) in [7, 11) is 2.07. The van der Waals surface area contributed by atoms with Crippen molar-refractivity contribution in [2.75, 3.05) is 0 Å². The number of benzene rings is 4. The zero-order chi connectivity index (χ0) is 29.1. The van der Waals surface area contributed by atoms with Gasteiger partial charge in [0.15, 0.2) is 11.8 Å². The van der Waals surface area contributed by atoms with Crippen LogP contribution in [0.25, 0.3) is 55.4 Å². The zero-order valence-electron chi connectivity index (χ0n) is 24.9. The molecule has 6 rings (SSSR count). The molecule has 0 saturated carbocycles.